The van der Waals surface area contributed by atoms with Crippen LogP contribution in [-0.2, 0) is 4.79 Å². The number of thioether (sulfide) groups is 1. The van der Waals surface area contributed by atoms with Gasteiger partial charge in [0.05, 0.1) is 5.69 Å². The van der Waals surface area contributed by atoms with E-state index in [1.54, 1.807) is 23.9 Å². The number of para-hydroxylation sites is 1. The zero-order valence-electron chi connectivity index (χ0n) is 15.4. The third-order valence-electron chi connectivity index (χ3n) is 4.29. The monoisotopic (exact) mass is 371 g/mol. The highest BCUT2D eigenvalue weighted by Gasteiger charge is 2.20. The first-order valence-corrected chi connectivity index (χ1v) is 10.2. The van der Waals surface area contributed by atoms with Gasteiger partial charge in [-0.25, -0.2) is 0 Å². The number of allylic oxidation sites excluding steroid dienone is 2. The fraction of sp³-hybridized carbons (Fsp3) is 0.208. The van der Waals surface area contributed by atoms with Crippen LogP contribution in [0.5, 0.6) is 0 Å². The number of nitrogens with zero attached hydrogens (tertiary/aromatic N) is 1. The summed E-state index contributed by atoms with van der Waals surface area (Å²) in [6.45, 7) is 0.772. The third-order valence-corrected chi connectivity index (χ3v) is 5.08. The van der Waals surface area contributed by atoms with Crippen LogP contribution in [-0.4, -0.2) is 18.7 Å². The minimum Gasteiger partial charge on any atom is -0.311 e. The third kappa shape index (κ3) is 5.07. The Morgan fingerprint density at radius 3 is 2.33 bits per heavy atom. The van der Waals surface area contributed by atoms with Crippen molar-refractivity contribution in [3.63, 3.8) is 0 Å². The minimum atomic E-state index is 0.185. The van der Waals surface area contributed by atoms with Crippen LogP contribution in [0.3, 0.4) is 0 Å². The summed E-state index contributed by atoms with van der Waals surface area (Å²) in [6.07, 6.45) is 8.20. The molecule has 0 saturated carbocycles. The highest BCUT2D eigenvalue weighted by molar-refractivity contribution is 7.98. The molecule has 0 N–H and O–H groups in total. The molecule has 0 spiro atoms. The Hall–Kier alpha value is -2.88. The molecule has 1 fully saturated rings. The van der Waals surface area contributed by atoms with Gasteiger partial charge in [0, 0.05) is 29.0 Å². The predicted molar refractivity (Wildman–Crippen MR) is 114 cm³/mol. The van der Waals surface area contributed by atoms with E-state index in [1.807, 2.05) is 53.6 Å². The lowest BCUT2D eigenvalue weighted by Crippen LogP contribution is -2.35. The van der Waals surface area contributed by atoms with Gasteiger partial charge in [-0.05, 0) is 55.5 Å². The van der Waals surface area contributed by atoms with Gasteiger partial charge < -0.3 is 4.90 Å². The van der Waals surface area contributed by atoms with Crippen LogP contribution >= 0.6 is 11.8 Å². The van der Waals surface area contributed by atoms with Gasteiger partial charge in [0.15, 0.2) is 0 Å². The Labute approximate surface area is 165 Å². The molecule has 0 aliphatic carbocycles. The van der Waals surface area contributed by atoms with Crippen molar-refractivity contribution in [1.82, 2.24) is 0 Å². The van der Waals surface area contributed by atoms with E-state index in [9.17, 15) is 4.79 Å². The largest absolute Gasteiger partial charge is 0.311 e. The molecule has 2 aromatic carbocycles. The smallest absolute Gasteiger partial charge is 0.227 e. The summed E-state index contributed by atoms with van der Waals surface area (Å²) >= 11 is 1.69. The molecule has 2 aromatic rings. The number of carbonyl (C=O) groups is 1. The highest BCUT2D eigenvalue weighted by atomic mass is 32.2. The summed E-state index contributed by atoms with van der Waals surface area (Å²) in [6, 6.07) is 15.9. The van der Waals surface area contributed by atoms with Crippen molar-refractivity contribution in [2.45, 2.75) is 24.2 Å². The van der Waals surface area contributed by atoms with Crippen molar-refractivity contribution >= 4 is 23.4 Å². The van der Waals surface area contributed by atoms with Crippen LogP contribution in [0.4, 0.5) is 5.69 Å². The lowest BCUT2D eigenvalue weighted by molar-refractivity contribution is -0.119. The number of carbonyl (C=O) groups excluding carboxylic acids is 1. The van der Waals surface area contributed by atoms with Crippen molar-refractivity contribution in [1.29, 1.82) is 0 Å². The first kappa shape index (κ1) is 18.9. The molecule has 0 aromatic heterocycles. The Kier molecular flexibility index (Phi) is 6.80. The van der Waals surface area contributed by atoms with Gasteiger partial charge in [-0.15, -0.1) is 11.8 Å². The number of hydrogen-bond acceptors (Lipinski definition) is 2. The second-order valence-electron chi connectivity index (χ2n) is 6.09. The van der Waals surface area contributed by atoms with Crippen LogP contribution < -0.4 is 4.90 Å². The van der Waals surface area contributed by atoms with Crippen molar-refractivity contribution in [3.8, 4) is 23.7 Å². The van der Waals surface area contributed by atoms with Crippen LogP contribution in [0, 0.1) is 23.7 Å². The molecular formula is C24H21NOS. The number of hydrogen-bond donors (Lipinski definition) is 0. The molecule has 0 atom stereocenters. The minimum absolute atomic E-state index is 0.185. The molecule has 27 heavy (non-hydrogen) atoms. The molecule has 2 nitrogen and oxygen atoms in total. The Morgan fingerprint density at radius 1 is 0.926 bits per heavy atom. The molecule has 1 heterocycles. The maximum Gasteiger partial charge on any atom is 0.227 e. The molecule has 134 valence electrons. The number of benzene rings is 2. The first-order valence-electron chi connectivity index (χ1n) is 9.00. The lowest BCUT2D eigenvalue weighted by atomic mass is 10.1. The summed E-state index contributed by atoms with van der Waals surface area (Å²) in [5.74, 6) is 12.6. The van der Waals surface area contributed by atoms with E-state index < -0.39 is 0 Å². The standard InChI is InChI=1S/C24H21NOS/c1-27-23-17-9-7-15-21(23)14-5-3-2-4-12-20-13-6-8-16-22(20)25-19-11-10-18-24(25)26/h2-3,6-9,13,15-17H,10-11,18-19H2,1H3/b3-2-. The second-order valence-corrected chi connectivity index (χ2v) is 6.94. The molecule has 0 unspecified atom stereocenters. The van der Waals surface area contributed by atoms with Crippen LogP contribution in [0.1, 0.15) is 30.4 Å². The molecular weight excluding hydrogens is 350 g/mol. The second kappa shape index (κ2) is 9.72. The molecule has 1 saturated heterocycles. The van der Waals surface area contributed by atoms with Gasteiger partial charge in [-0.3, -0.25) is 4.79 Å². The topological polar surface area (TPSA) is 20.3 Å². The fourth-order valence-electron chi connectivity index (χ4n) is 2.95. The van der Waals surface area contributed by atoms with Gasteiger partial charge in [-0.1, -0.05) is 47.9 Å². The summed E-state index contributed by atoms with van der Waals surface area (Å²) in [5.41, 5.74) is 2.80. The Morgan fingerprint density at radius 2 is 1.59 bits per heavy atom. The van der Waals surface area contributed by atoms with Gasteiger partial charge in [0.2, 0.25) is 5.91 Å². The van der Waals surface area contributed by atoms with E-state index in [2.05, 4.69) is 29.7 Å². The number of amides is 1. The van der Waals surface area contributed by atoms with E-state index >= 15 is 0 Å². The molecule has 1 aliphatic heterocycles. The van der Waals surface area contributed by atoms with Crippen LogP contribution in [0.25, 0.3) is 0 Å². The molecule has 1 amide bonds. The molecule has 3 rings (SSSR count). The summed E-state index contributed by atoms with van der Waals surface area (Å²) < 4.78 is 0. The SMILES string of the molecule is CSc1ccccc1C#C/C=C\C#Cc1ccccc1N1CCCCC1=O. The lowest BCUT2D eigenvalue weighted by Gasteiger charge is -2.27. The molecule has 0 radical (unpaired) electrons. The van der Waals surface area contributed by atoms with Crippen molar-refractivity contribution in [2.75, 3.05) is 17.7 Å². The van der Waals surface area contributed by atoms with Gasteiger partial charge >= 0.3 is 0 Å². The zero-order chi connectivity index (χ0) is 18.9. The normalized spacial score (nSPS) is 13.7. The number of rotatable bonds is 2. The zero-order valence-corrected chi connectivity index (χ0v) is 16.2. The first-order chi connectivity index (χ1) is 13.3. The molecule has 0 bridgehead atoms. The number of anilines is 1. The Bertz CT molecular complexity index is 969. The average Bonchev–Trinajstić information content (AvgIpc) is 2.71. The molecule has 1 aliphatic rings. The average molecular weight is 372 g/mol. The van der Waals surface area contributed by atoms with Gasteiger partial charge in [0.1, 0.15) is 0 Å². The molecule has 3 heteroatoms. The fourth-order valence-corrected chi connectivity index (χ4v) is 3.50. The van der Waals surface area contributed by atoms with Crippen LogP contribution in [0.2, 0.25) is 0 Å². The summed E-state index contributed by atoms with van der Waals surface area (Å²) in [7, 11) is 0. The quantitative estimate of drug-likeness (QED) is 0.554. The highest BCUT2D eigenvalue weighted by Crippen LogP contribution is 2.24. The van der Waals surface area contributed by atoms with E-state index in [0.29, 0.717) is 6.42 Å². The van der Waals surface area contributed by atoms with Crippen LogP contribution in [0.15, 0.2) is 65.6 Å². The maximum absolute atomic E-state index is 12.2. The van der Waals surface area contributed by atoms with E-state index in [1.165, 1.54) is 4.90 Å². The van der Waals surface area contributed by atoms with Crippen molar-refractivity contribution < 1.29 is 4.79 Å². The van der Waals surface area contributed by atoms with Gasteiger partial charge in [-0.2, -0.15) is 0 Å². The summed E-state index contributed by atoms with van der Waals surface area (Å²) in [4.78, 5) is 15.2. The van der Waals surface area contributed by atoms with E-state index in [0.717, 1.165) is 36.2 Å². The Balaban J connectivity index is 1.73. The summed E-state index contributed by atoms with van der Waals surface area (Å²) in [5, 5.41) is 0. The van der Waals surface area contributed by atoms with Crippen molar-refractivity contribution in [2.24, 2.45) is 0 Å². The van der Waals surface area contributed by atoms with E-state index in [-0.39, 0.29) is 5.91 Å². The van der Waals surface area contributed by atoms with Gasteiger partial charge in [0.25, 0.3) is 0 Å². The predicted octanol–water partition coefficient (Wildman–Crippen LogP) is 4.88. The maximum atomic E-state index is 12.2. The number of piperidine rings is 1. The van der Waals surface area contributed by atoms with Crippen molar-refractivity contribution in [3.05, 3.63) is 71.8 Å². The van der Waals surface area contributed by atoms with E-state index in [4.69, 9.17) is 0 Å².